The molecule has 28 heavy (non-hydrogen) atoms. The van der Waals surface area contributed by atoms with E-state index in [-0.39, 0.29) is 6.61 Å². The van der Waals surface area contributed by atoms with Gasteiger partial charge in [-0.2, -0.15) is 0 Å². The molecule has 1 N–H and O–H groups in total. The summed E-state index contributed by atoms with van der Waals surface area (Å²) in [6, 6.07) is 5.32. The molecule has 0 aromatic heterocycles. The van der Waals surface area contributed by atoms with Crippen LogP contribution in [0.15, 0.2) is 24.8 Å². The van der Waals surface area contributed by atoms with Crippen molar-refractivity contribution < 1.29 is 9.22 Å². The first kappa shape index (κ1) is 27.9. The van der Waals surface area contributed by atoms with E-state index >= 15 is 0 Å². The fraction of sp³-hybridized carbons (Fsp3) is 0.636. The van der Waals surface area contributed by atoms with Gasteiger partial charge in [0.2, 0.25) is 0 Å². The molecular formula is C22H40Cl2O2Si2. The van der Waals surface area contributed by atoms with E-state index in [2.05, 4.69) is 74.3 Å². The molecule has 1 aromatic rings. The fourth-order valence-electron chi connectivity index (χ4n) is 1.94. The van der Waals surface area contributed by atoms with Crippen LogP contribution in [0.5, 0.6) is 0 Å². The van der Waals surface area contributed by atoms with Crippen molar-refractivity contribution in [2.75, 3.05) is 6.61 Å². The van der Waals surface area contributed by atoms with Gasteiger partial charge in [0, 0.05) is 6.61 Å². The van der Waals surface area contributed by atoms with E-state index in [1.54, 1.807) is 12.1 Å². The van der Waals surface area contributed by atoms with E-state index in [0.717, 1.165) is 11.1 Å². The molecule has 0 heterocycles. The lowest BCUT2D eigenvalue weighted by Crippen LogP contribution is -2.53. The van der Waals surface area contributed by atoms with Gasteiger partial charge < -0.3 is 9.22 Å². The molecule has 2 nitrogen and oxygen atoms in total. The molecule has 0 aliphatic carbocycles. The highest BCUT2D eigenvalue weighted by Gasteiger charge is 2.46. The molecule has 0 atom stereocenters. The highest BCUT2D eigenvalue weighted by Crippen LogP contribution is 2.44. The van der Waals surface area contributed by atoms with Crippen LogP contribution in [-0.2, 0) is 4.12 Å². The zero-order valence-corrected chi connectivity index (χ0v) is 23.0. The average molecular weight is 464 g/mol. The maximum Gasteiger partial charge on any atom is 0.178 e. The predicted octanol–water partition coefficient (Wildman–Crippen LogP) is 8.40. The number of benzene rings is 1. The summed E-state index contributed by atoms with van der Waals surface area (Å²) in [5, 5.41) is 10.4. The maximum atomic E-state index is 8.70. The Labute approximate surface area is 185 Å². The zero-order valence-electron chi connectivity index (χ0n) is 19.5. The average Bonchev–Trinajstić information content (AvgIpc) is 2.47. The van der Waals surface area contributed by atoms with Crippen molar-refractivity contribution in [1.82, 2.24) is 0 Å². The van der Waals surface area contributed by atoms with Gasteiger partial charge in [0.15, 0.2) is 16.6 Å². The van der Waals surface area contributed by atoms with Crippen molar-refractivity contribution in [3.63, 3.8) is 0 Å². The van der Waals surface area contributed by atoms with Crippen LogP contribution in [0.1, 0.15) is 53.5 Å². The Balaban J connectivity index is 0.000000525. The van der Waals surface area contributed by atoms with Crippen LogP contribution in [0.4, 0.5) is 0 Å². The Morgan fingerprint density at radius 3 is 1.68 bits per heavy atom. The molecule has 1 rings (SSSR count). The first-order valence-corrected chi connectivity index (χ1v) is 16.4. The number of rotatable bonds is 5. The summed E-state index contributed by atoms with van der Waals surface area (Å²) in [6.07, 6.45) is 0.554. The number of aliphatic hydroxyl groups is 1. The minimum absolute atomic E-state index is 0.0963. The Morgan fingerprint density at radius 2 is 1.36 bits per heavy atom. The van der Waals surface area contributed by atoms with Crippen molar-refractivity contribution >= 4 is 45.4 Å². The van der Waals surface area contributed by atoms with Crippen LogP contribution in [-0.4, -0.2) is 28.3 Å². The van der Waals surface area contributed by atoms with Gasteiger partial charge in [0.25, 0.3) is 0 Å². The lowest BCUT2D eigenvalue weighted by molar-refractivity contribution is 0.305. The summed E-state index contributed by atoms with van der Waals surface area (Å²) in [7, 11) is -3.18. The van der Waals surface area contributed by atoms with E-state index in [1.165, 1.54) is 0 Å². The van der Waals surface area contributed by atoms with Crippen molar-refractivity contribution in [3.8, 4) is 0 Å². The van der Waals surface area contributed by atoms with Gasteiger partial charge in [-0.15, -0.1) is 0 Å². The standard InChI is InChI=1S/C12H30OSi2.C10H10Cl2O/c1-11(2,3)14(7,8)13-15(9,10)12(4,5)6;1-7(4-5-13)8-2-3-9(11)10(12)6-8/h1-10H3;2-3,6,13H,1,4-5H2. The van der Waals surface area contributed by atoms with Crippen molar-refractivity contribution in [1.29, 1.82) is 0 Å². The van der Waals surface area contributed by atoms with Gasteiger partial charge in [-0.3, -0.25) is 0 Å². The van der Waals surface area contributed by atoms with Gasteiger partial charge in [0.05, 0.1) is 10.0 Å². The lowest BCUT2D eigenvalue weighted by Gasteiger charge is -2.47. The molecule has 0 spiro atoms. The number of halogens is 2. The zero-order chi connectivity index (χ0) is 22.6. The van der Waals surface area contributed by atoms with Gasteiger partial charge in [-0.1, -0.05) is 77.4 Å². The highest BCUT2D eigenvalue weighted by molar-refractivity contribution is 6.87. The van der Waals surface area contributed by atoms with Crippen LogP contribution in [0.2, 0.25) is 46.3 Å². The van der Waals surface area contributed by atoms with Gasteiger partial charge in [0.1, 0.15) is 0 Å². The molecule has 0 amide bonds. The molecular weight excluding hydrogens is 423 g/mol. The first-order valence-electron chi connectivity index (χ1n) is 9.80. The molecule has 0 aliphatic rings. The SMILES string of the molecule is C=C(CCO)c1ccc(Cl)c(Cl)c1.CC(C)(C)[Si](C)(C)O[Si](C)(C)C(C)(C)C. The van der Waals surface area contributed by atoms with Crippen LogP contribution in [0.25, 0.3) is 5.57 Å². The van der Waals surface area contributed by atoms with Crippen molar-refractivity contribution in [2.45, 2.75) is 84.2 Å². The van der Waals surface area contributed by atoms with Crippen LogP contribution < -0.4 is 0 Å². The highest BCUT2D eigenvalue weighted by atomic mass is 35.5. The van der Waals surface area contributed by atoms with E-state index < -0.39 is 16.6 Å². The largest absolute Gasteiger partial charge is 0.455 e. The molecule has 1 aromatic carbocycles. The summed E-state index contributed by atoms with van der Waals surface area (Å²) < 4.78 is 6.63. The molecule has 0 saturated heterocycles. The summed E-state index contributed by atoms with van der Waals surface area (Å²) in [5.41, 5.74) is 1.78. The third kappa shape index (κ3) is 8.33. The van der Waals surface area contributed by atoms with E-state index in [9.17, 15) is 0 Å². The van der Waals surface area contributed by atoms with Crippen LogP contribution >= 0.6 is 23.2 Å². The van der Waals surface area contributed by atoms with Crippen molar-refractivity contribution in [3.05, 3.63) is 40.4 Å². The first-order chi connectivity index (χ1) is 12.4. The Kier molecular flexibility index (Phi) is 10.2. The molecule has 162 valence electrons. The Bertz CT molecular complexity index is 633. The van der Waals surface area contributed by atoms with Gasteiger partial charge in [-0.05, 0) is 66.0 Å². The minimum Gasteiger partial charge on any atom is -0.455 e. The monoisotopic (exact) mass is 462 g/mol. The topological polar surface area (TPSA) is 29.5 Å². The molecule has 0 aliphatic heterocycles. The number of hydrogen-bond acceptors (Lipinski definition) is 2. The van der Waals surface area contributed by atoms with E-state index in [1.807, 2.05) is 6.07 Å². The summed E-state index contributed by atoms with van der Waals surface area (Å²) in [4.78, 5) is 0. The second-order valence-corrected chi connectivity index (χ2v) is 21.0. The molecule has 0 saturated carbocycles. The third-order valence-corrected chi connectivity index (χ3v) is 17.9. The molecule has 0 bridgehead atoms. The minimum atomic E-state index is -1.59. The smallest absolute Gasteiger partial charge is 0.178 e. The Morgan fingerprint density at radius 1 is 0.929 bits per heavy atom. The number of aliphatic hydroxyl groups excluding tert-OH is 1. The van der Waals surface area contributed by atoms with E-state index in [0.29, 0.717) is 26.5 Å². The lowest BCUT2D eigenvalue weighted by atomic mass is 10.1. The molecule has 6 heteroatoms. The van der Waals surface area contributed by atoms with Crippen LogP contribution in [0, 0.1) is 0 Å². The van der Waals surface area contributed by atoms with E-state index in [4.69, 9.17) is 32.4 Å². The second kappa shape index (κ2) is 10.3. The fourth-order valence-corrected chi connectivity index (χ4v) is 9.79. The maximum absolute atomic E-state index is 8.70. The molecule has 0 radical (unpaired) electrons. The van der Waals surface area contributed by atoms with Crippen molar-refractivity contribution in [2.24, 2.45) is 0 Å². The Hall–Kier alpha value is -0.106. The number of hydrogen-bond donors (Lipinski definition) is 1. The molecule has 0 fully saturated rings. The molecule has 0 unspecified atom stereocenters. The van der Waals surface area contributed by atoms with Gasteiger partial charge in [-0.25, -0.2) is 0 Å². The predicted molar refractivity (Wildman–Crippen MR) is 133 cm³/mol. The quantitative estimate of drug-likeness (QED) is 0.444. The van der Waals surface area contributed by atoms with Gasteiger partial charge >= 0.3 is 0 Å². The van der Waals surface area contributed by atoms with Crippen LogP contribution in [0.3, 0.4) is 0 Å². The summed E-state index contributed by atoms with van der Waals surface area (Å²) >= 11 is 11.6. The normalized spacial score (nSPS) is 13.0. The second-order valence-electron chi connectivity index (χ2n) is 10.3. The summed E-state index contributed by atoms with van der Waals surface area (Å²) in [5.74, 6) is 0. The summed E-state index contributed by atoms with van der Waals surface area (Å²) in [6.45, 7) is 27.2. The third-order valence-electron chi connectivity index (χ3n) is 5.86.